The van der Waals surface area contributed by atoms with E-state index in [9.17, 15) is 0 Å². The Labute approximate surface area is 76.6 Å². The Bertz CT molecular complexity index is 71.3. The fourth-order valence-corrected chi connectivity index (χ4v) is 10.5. The number of hydrogen-bond donors (Lipinski definition) is 0. The summed E-state index contributed by atoms with van der Waals surface area (Å²) in [6.07, 6.45) is 0. The second-order valence-electron chi connectivity index (χ2n) is 3.62. The summed E-state index contributed by atoms with van der Waals surface area (Å²) in [6, 6.07) is 0. The third-order valence-corrected chi connectivity index (χ3v) is 8.86. The van der Waals surface area contributed by atoms with E-state index in [2.05, 4.69) is 41.6 Å². The van der Waals surface area contributed by atoms with Gasteiger partial charge in [0.2, 0.25) is 0 Å². The fourth-order valence-electron chi connectivity index (χ4n) is 0.867. The van der Waals surface area contributed by atoms with Gasteiger partial charge in [-0.3, -0.25) is 0 Å². The van der Waals surface area contributed by atoms with Crippen LogP contribution in [0.5, 0.6) is 0 Å². The van der Waals surface area contributed by atoms with E-state index < -0.39 is 12.8 Å². The van der Waals surface area contributed by atoms with Crippen LogP contribution in [0.15, 0.2) is 0 Å². The first kappa shape index (κ1) is 11.0. The Hall–Kier alpha value is 1.04. The van der Waals surface area contributed by atoms with E-state index in [-0.39, 0.29) is 0 Å². The van der Waals surface area contributed by atoms with Crippen molar-refractivity contribution in [2.24, 2.45) is 11.8 Å². The van der Waals surface area contributed by atoms with E-state index >= 15 is 0 Å². The molecule has 0 aromatic heterocycles. The SMILES string of the molecule is CC(C)C[As](Br)CC(C)C. The number of halogens is 1. The molecule has 0 heterocycles. The Morgan fingerprint density at radius 1 is 1.00 bits per heavy atom. The van der Waals surface area contributed by atoms with Gasteiger partial charge in [0.15, 0.2) is 0 Å². The van der Waals surface area contributed by atoms with Crippen molar-refractivity contribution < 1.29 is 0 Å². The van der Waals surface area contributed by atoms with E-state index in [0.717, 1.165) is 11.8 Å². The first-order valence-corrected chi connectivity index (χ1v) is 11.0. The van der Waals surface area contributed by atoms with Crippen molar-refractivity contribution in [2.45, 2.75) is 38.1 Å². The minimum atomic E-state index is -0.567. The predicted octanol–water partition coefficient (Wildman–Crippen LogP) is 3.68. The molecule has 0 N–H and O–H groups in total. The van der Waals surface area contributed by atoms with E-state index in [1.807, 2.05) is 0 Å². The molecule has 0 spiro atoms. The molecule has 0 aliphatic rings. The van der Waals surface area contributed by atoms with Gasteiger partial charge in [-0.05, 0) is 0 Å². The number of hydrogen-bond acceptors (Lipinski definition) is 0. The summed E-state index contributed by atoms with van der Waals surface area (Å²) in [5.74, 6) is 1.77. The second kappa shape index (κ2) is 5.66. The predicted molar refractivity (Wildman–Crippen MR) is 54.0 cm³/mol. The molecule has 0 fully saturated rings. The van der Waals surface area contributed by atoms with Gasteiger partial charge in [-0.1, -0.05) is 0 Å². The molecule has 0 saturated carbocycles. The van der Waals surface area contributed by atoms with Crippen molar-refractivity contribution in [2.75, 3.05) is 0 Å². The summed E-state index contributed by atoms with van der Waals surface area (Å²) in [5.41, 5.74) is 0. The average Bonchev–Trinajstić information content (AvgIpc) is 1.58. The molecule has 62 valence electrons. The normalized spacial score (nSPS) is 12.0. The molecule has 2 heteroatoms. The van der Waals surface area contributed by atoms with Crippen LogP contribution in [0.4, 0.5) is 0 Å². The molecule has 0 bridgehead atoms. The summed E-state index contributed by atoms with van der Waals surface area (Å²) in [5, 5.41) is 2.90. The summed E-state index contributed by atoms with van der Waals surface area (Å²) >= 11 is 3.26. The molecule has 0 saturated heterocycles. The van der Waals surface area contributed by atoms with Gasteiger partial charge in [0.25, 0.3) is 0 Å². The molecule has 0 atom stereocenters. The van der Waals surface area contributed by atoms with E-state index in [4.69, 9.17) is 0 Å². The van der Waals surface area contributed by atoms with Gasteiger partial charge in [-0.15, -0.1) is 0 Å². The molecule has 0 aromatic carbocycles. The molecule has 0 rings (SSSR count). The molecule has 10 heavy (non-hydrogen) atoms. The molecule has 0 unspecified atom stereocenters. The molecule has 0 radical (unpaired) electrons. The zero-order chi connectivity index (χ0) is 8.15. The van der Waals surface area contributed by atoms with Gasteiger partial charge in [0.1, 0.15) is 0 Å². The maximum absolute atomic E-state index is 3.82. The second-order valence-corrected chi connectivity index (χ2v) is 12.3. The first-order valence-electron chi connectivity index (χ1n) is 3.93. The van der Waals surface area contributed by atoms with Gasteiger partial charge in [-0.2, -0.15) is 0 Å². The average molecular weight is 269 g/mol. The summed E-state index contributed by atoms with van der Waals surface area (Å²) in [4.78, 5) is 0. The van der Waals surface area contributed by atoms with Crippen LogP contribution in [-0.2, 0) is 0 Å². The molecule has 0 aliphatic heterocycles. The van der Waals surface area contributed by atoms with Crippen LogP contribution in [0.1, 0.15) is 27.7 Å². The van der Waals surface area contributed by atoms with Crippen molar-refractivity contribution in [1.82, 2.24) is 0 Å². The zero-order valence-electron chi connectivity index (χ0n) is 7.39. The zero-order valence-corrected chi connectivity index (χ0v) is 10.9. The monoisotopic (exact) mass is 268 g/mol. The van der Waals surface area contributed by atoms with Crippen molar-refractivity contribution in [3.8, 4) is 0 Å². The molecule has 0 aromatic rings. The van der Waals surface area contributed by atoms with Crippen LogP contribution in [0.25, 0.3) is 0 Å². The van der Waals surface area contributed by atoms with Gasteiger partial charge in [-0.25, -0.2) is 0 Å². The molecular formula is C8H18AsBr. The third-order valence-electron chi connectivity index (χ3n) is 1.13. The van der Waals surface area contributed by atoms with E-state index in [1.165, 1.54) is 10.4 Å². The summed E-state index contributed by atoms with van der Waals surface area (Å²) < 4.78 is 0. The van der Waals surface area contributed by atoms with Crippen LogP contribution >= 0.6 is 13.9 Å². The van der Waals surface area contributed by atoms with Crippen molar-refractivity contribution in [1.29, 1.82) is 0 Å². The quantitative estimate of drug-likeness (QED) is 0.683. The molecule has 0 aliphatic carbocycles. The third kappa shape index (κ3) is 7.15. The number of rotatable bonds is 4. The van der Waals surface area contributed by atoms with Crippen molar-refractivity contribution >= 4 is 26.7 Å². The van der Waals surface area contributed by atoms with E-state index in [0.29, 0.717) is 0 Å². The van der Waals surface area contributed by atoms with Gasteiger partial charge in [0, 0.05) is 0 Å². The van der Waals surface area contributed by atoms with Crippen molar-refractivity contribution in [3.63, 3.8) is 0 Å². The van der Waals surface area contributed by atoms with Crippen molar-refractivity contribution in [3.05, 3.63) is 0 Å². The molecule has 0 nitrogen and oxygen atoms in total. The molecular weight excluding hydrogens is 251 g/mol. The van der Waals surface area contributed by atoms with Crippen LogP contribution in [0.3, 0.4) is 0 Å². The summed E-state index contributed by atoms with van der Waals surface area (Å²) in [7, 11) is 0. The van der Waals surface area contributed by atoms with Gasteiger partial charge in [0.05, 0.1) is 0 Å². The Morgan fingerprint density at radius 3 is 1.50 bits per heavy atom. The maximum atomic E-state index is 3.82. The van der Waals surface area contributed by atoms with Crippen LogP contribution in [0, 0.1) is 11.8 Å². The van der Waals surface area contributed by atoms with E-state index in [1.54, 1.807) is 0 Å². The van der Waals surface area contributed by atoms with Crippen LogP contribution in [-0.4, -0.2) is 12.8 Å². The van der Waals surface area contributed by atoms with Gasteiger partial charge < -0.3 is 0 Å². The van der Waals surface area contributed by atoms with Gasteiger partial charge >= 0.3 is 76.7 Å². The standard InChI is InChI=1S/C8H18AsBr/c1-7(2)5-9(10)6-8(3)4/h7-8H,5-6H2,1-4H3. The Balaban J connectivity index is 3.34. The Kier molecular flexibility index (Phi) is 6.25. The Morgan fingerprint density at radius 2 is 1.30 bits per heavy atom. The molecule has 0 amide bonds. The minimum absolute atomic E-state index is 0.567. The van der Waals surface area contributed by atoms with Crippen LogP contribution < -0.4 is 0 Å². The fraction of sp³-hybridized carbons (Fsp3) is 1.00. The summed E-state index contributed by atoms with van der Waals surface area (Å²) in [6.45, 7) is 9.24. The topological polar surface area (TPSA) is 0 Å². The van der Waals surface area contributed by atoms with Crippen LogP contribution in [0.2, 0.25) is 10.4 Å². The first-order chi connectivity index (χ1) is 4.52.